The first kappa shape index (κ1) is 25.9. The average molecular weight is 480 g/mol. The molecule has 0 aliphatic carbocycles. The Morgan fingerprint density at radius 2 is 1.46 bits per heavy atom. The number of rotatable bonds is 6. The Morgan fingerprint density at radius 3 is 2.03 bits per heavy atom. The fraction of sp³-hybridized carbons (Fsp3) is 0.407. The zero-order chi connectivity index (χ0) is 25.6. The van der Waals surface area contributed by atoms with Gasteiger partial charge in [-0.05, 0) is 44.0 Å². The summed E-state index contributed by atoms with van der Waals surface area (Å²) in [5, 5.41) is 0. The van der Waals surface area contributed by atoms with Crippen molar-refractivity contribution in [1.82, 2.24) is 15.8 Å². The van der Waals surface area contributed by atoms with E-state index >= 15 is 0 Å². The van der Waals surface area contributed by atoms with Gasteiger partial charge in [0.05, 0.1) is 0 Å². The lowest BCUT2D eigenvalue weighted by Crippen LogP contribution is -2.51. The first-order chi connectivity index (χ1) is 16.6. The van der Waals surface area contributed by atoms with E-state index in [0.717, 1.165) is 0 Å². The summed E-state index contributed by atoms with van der Waals surface area (Å²) in [4.78, 5) is 51.5. The molecule has 3 amide bonds. The highest BCUT2D eigenvalue weighted by Crippen LogP contribution is 2.23. The summed E-state index contributed by atoms with van der Waals surface area (Å²) in [5.74, 6) is -0.641. The molecule has 8 heteroatoms. The van der Waals surface area contributed by atoms with Gasteiger partial charge >= 0.3 is 0 Å². The van der Waals surface area contributed by atoms with Crippen molar-refractivity contribution in [2.75, 3.05) is 13.1 Å². The lowest BCUT2D eigenvalue weighted by molar-refractivity contribution is -0.143. The number of hydrogen-bond acceptors (Lipinski definition) is 5. The maximum absolute atomic E-state index is 12.5. The molecule has 0 aromatic heterocycles. The number of hydrogen-bond donors (Lipinski definition) is 2. The van der Waals surface area contributed by atoms with Gasteiger partial charge in [-0.15, -0.1) is 0 Å². The van der Waals surface area contributed by atoms with Crippen molar-refractivity contribution in [2.24, 2.45) is 11.3 Å². The molecule has 0 saturated carbocycles. The Hall–Kier alpha value is -3.68. The van der Waals surface area contributed by atoms with E-state index in [1.165, 1.54) is 0 Å². The van der Waals surface area contributed by atoms with Gasteiger partial charge in [0.1, 0.15) is 5.75 Å². The Morgan fingerprint density at radius 1 is 0.886 bits per heavy atom. The second kappa shape index (κ2) is 11.2. The number of benzene rings is 2. The highest BCUT2D eigenvalue weighted by Gasteiger charge is 2.32. The van der Waals surface area contributed by atoms with Crippen molar-refractivity contribution in [1.29, 1.82) is 0 Å². The number of nitrogens with one attached hydrogen (secondary N) is 2. The van der Waals surface area contributed by atoms with Gasteiger partial charge in [0.2, 0.25) is 11.8 Å². The smallest absolute Gasteiger partial charge is 0.279 e. The largest absolute Gasteiger partial charge is 0.481 e. The molecule has 2 N–H and O–H groups in total. The molecule has 0 spiro atoms. The van der Waals surface area contributed by atoms with Crippen LogP contribution in [0.1, 0.15) is 56.5 Å². The fourth-order valence-electron chi connectivity index (χ4n) is 3.84. The van der Waals surface area contributed by atoms with Crippen LogP contribution in [0, 0.1) is 11.3 Å². The molecule has 3 rings (SSSR count). The van der Waals surface area contributed by atoms with Crippen molar-refractivity contribution >= 4 is 23.5 Å². The zero-order valence-electron chi connectivity index (χ0n) is 20.7. The molecule has 1 heterocycles. The number of nitrogens with zero attached hydrogens (tertiary/aromatic N) is 1. The number of likely N-dealkylation sites (tertiary alicyclic amines) is 1. The minimum atomic E-state index is -0.864. The van der Waals surface area contributed by atoms with Crippen LogP contribution in [0.4, 0.5) is 0 Å². The number of amides is 3. The Kier molecular flexibility index (Phi) is 8.27. The highest BCUT2D eigenvalue weighted by atomic mass is 16.5. The molecule has 1 aliphatic heterocycles. The molecule has 0 radical (unpaired) electrons. The minimum absolute atomic E-state index is 0.0769. The number of ether oxygens (including phenoxy) is 1. The van der Waals surface area contributed by atoms with E-state index in [2.05, 4.69) is 10.9 Å². The molecular weight excluding hydrogens is 446 g/mol. The minimum Gasteiger partial charge on any atom is -0.481 e. The predicted molar refractivity (Wildman–Crippen MR) is 131 cm³/mol. The van der Waals surface area contributed by atoms with Crippen molar-refractivity contribution in [3.63, 3.8) is 0 Å². The predicted octanol–water partition coefficient (Wildman–Crippen LogP) is 3.12. The molecule has 1 fully saturated rings. The van der Waals surface area contributed by atoms with E-state index in [1.54, 1.807) is 60.4 Å². The molecule has 186 valence electrons. The van der Waals surface area contributed by atoms with Gasteiger partial charge in [-0.25, -0.2) is 0 Å². The quantitative estimate of drug-likeness (QED) is 0.489. The molecule has 35 heavy (non-hydrogen) atoms. The molecule has 1 atom stereocenters. The van der Waals surface area contributed by atoms with Crippen molar-refractivity contribution in [2.45, 2.75) is 46.6 Å². The van der Waals surface area contributed by atoms with E-state index in [9.17, 15) is 19.2 Å². The lowest BCUT2D eigenvalue weighted by atomic mass is 9.91. The molecule has 2 aromatic rings. The molecule has 1 aliphatic rings. The normalized spacial score (nSPS) is 15.1. The number of hydrazine groups is 1. The van der Waals surface area contributed by atoms with Gasteiger partial charge in [0.15, 0.2) is 11.9 Å². The lowest BCUT2D eigenvalue weighted by Gasteiger charge is -2.35. The van der Waals surface area contributed by atoms with Gasteiger partial charge in [0, 0.05) is 35.5 Å². The summed E-state index contributed by atoms with van der Waals surface area (Å²) < 4.78 is 5.65. The standard InChI is InChI=1S/C27H33N3O5/c1-18(35-22-12-10-20(11-13-22)23(31)19-8-6-5-7-9-19)24(32)28-29-25(33)21-14-16-30(17-15-21)26(34)27(2,3)4/h5-13,18,21H,14-17H2,1-4H3,(H,28,32)(H,29,33)/t18-/m1/s1. The van der Waals surface area contributed by atoms with Crippen molar-refractivity contribution < 1.29 is 23.9 Å². The molecule has 0 unspecified atom stereocenters. The maximum Gasteiger partial charge on any atom is 0.279 e. The summed E-state index contributed by atoms with van der Waals surface area (Å²) >= 11 is 0. The second-order valence-electron chi connectivity index (χ2n) is 9.77. The number of carbonyl (C=O) groups is 4. The number of carbonyl (C=O) groups excluding carboxylic acids is 4. The van der Waals surface area contributed by atoms with Crippen LogP contribution < -0.4 is 15.6 Å². The SMILES string of the molecule is C[C@@H](Oc1ccc(C(=O)c2ccccc2)cc1)C(=O)NNC(=O)C1CCN(C(=O)C(C)(C)C)CC1. The third-order valence-corrected chi connectivity index (χ3v) is 5.94. The zero-order valence-corrected chi connectivity index (χ0v) is 20.7. The summed E-state index contributed by atoms with van der Waals surface area (Å²) in [7, 11) is 0. The monoisotopic (exact) mass is 479 g/mol. The van der Waals surface area contributed by atoms with Crippen molar-refractivity contribution in [3.05, 3.63) is 65.7 Å². The fourth-order valence-corrected chi connectivity index (χ4v) is 3.84. The second-order valence-corrected chi connectivity index (χ2v) is 9.77. The van der Waals surface area contributed by atoms with E-state index in [0.29, 0.717) is 42.8 Å². The Bertz CT molecular complexity index is 1050. The van der Waals surface area contributed by atoms with Gasteiger partial charge in [0.25, 0.3) is 5.91 Å². The van der Waals surface area contributed by atoms with Crippen LogP contribution in [-0.2, 0) is 14.4 Å². The van der Waals surface area contributed by atoms with E-state index in [1.807, 2.05) is 26.8 Å². The van der Waals surface area contributed by atoms with E-state index in [-0.39, 0.29) is 23.5 Å². The Labute approximate surface area is 206 Å². The maximum atomic E-state index is 12.5. The Balaban J connectivity index is 1.44. The molecular formula is C27H33N3O5. The number of piperidine rings is 1. The summed E-state index contributed by atoms with van der Waals surface area (Å²) in [6.07, 6.45) is 0.227. The first-order valence-electron chi connectivity index (χ1n) is 11.8. The van der Waals surface area contributed by atoms with E-state index < -0.39 is 17.4 Å². The molecule has 1 saturated heterocycles. The van der Waals surface area contributed by atoms with Crippen LogP contribution in [0.25, 0.3) is 0 Å². The number of ketones is 1. The first-order valence-corrected chi connectivity index (χ1v) is 11.8. The third-order valence-electron chi connectivity index (χ3n) is 5.94. The van der Waals surface area contributed by atoms with Crippen LogP contribution in [0.15, 0.2) is 54.6 Å². The molecule has 8 nitrogen and oxygen atoms in total. The van der Waals surface area contributed by atoms with Gasteiger partial charge in [-0.1, -0.05) is 51.1 Å². The topological polar surface area (TPSA) is 105 Å². The average Bonchev–Trinajstić information content (AvgIpc) is 2.86. The van der Waals surface area contributed by atoms with Gasteiger partial charge in [-0.3, -0.25) is 30.0 Å². The van der Waals surface area contributed by atoms with Gasteiger partial charge < -0.3 is 9.64 Å². The van der Waals surface area contributed by atoms with Crippen LogP contribution in [-0.4, -0.2) is 47.6 Å². The van der Waals surface area contributed by atoms with E-state index in [4.69, 9.17) is 4.74 Å². The van der Waals surface area contributed by atoms with Crippen LogP contribution in [0.5, 0.6) is 5.75 Å². The van der Waals surface area contributed by atoms with Crippen LogP contribution in [0.3, 0.4) is 0 Å². The third kappa shape index (κ3) is 6.91. The van der Waals surface area contributed by atoms with Crippen LogP contribution >= 0.6 is 0 Å². The van der Waals surface area contributed by atoms with Crippen LogP contribution in [0.2, 0.25) is 0 Å². The summed E-state index contributed by atoms with van der Waals surface area (Å²) in [5.41, 5.74) is 5.54. The highest BCUT2D eigenvalue weighted by molar-refractivity contribution is 6.09. The van der Waals surface area contributed by atoms with Crippen molar-refractivity contribution in [3.8, 4) is 5.75 Å². The van der Waals surface area contributed by atoms with Gasteiger partial charge in [-0.2, -0.15) is 0 Å². The summed E-state index contributed by atoms with van der Waals surface area (Å²) in [6.45, 7) is 8.25. The summed E-state index contributed by atoms with van der Waals surface area (Å²) in [6, 6.07) is 15.5. The molecule has 2 aromatic carbocycles. The molecule has 0 bridgehead atoms.